The number of nitrogens with one attached hydrogen (secondary N) is 3. The monoisotopic (exact) mass is 211 g/mol. The standard InChI is InChI=1S/C9H17N5O/c1-5(4-10)11-9(15)12-8-6(2)13-14-7(8)3/h5H,4,10H2,1-3H3,(H,13,14)(H2,11,12,15). The first kappa shape index (κ1) is 11.5. The van der Waals surface area contributed by atoms with Crippen LogP contribution in [0.25, 0.3) is 0 Å². The van der Waals surface area contributed by atoms with E-state index in [0.29, 0.717) is 6.54 Å². The minimum atomic E-state index is -0.263. The Balaban J connectivity index is 2.59. The predicted octanol–water partition coefficient (Wildman–Crippen LogP) is 0.495. The van der Waals surface area contributed by atoms with E-state index in [1.54, 1.807) is 0 Å². The molecule has 1 heterocycles. The molecule has 0 saturated carbocycles. The number of carbonyl (C=O) groups excluding carboxylic acids is 1. The molecule has 1 atom stereocenters. The third-order valence-corrected chi connectivity index (χ3v) is 2.10. The minimum absolute atomic E-state index is 0.0440. The van der Waals surface area contributed by atoms with Crippen molar-refractivity contribution in [3.05, 3.63) is 11.4 Å². The van der Waals surface area contributed by atoms with Crippen LogP contribution in [0.2, 0.25) is 0 Å². The van der Waals surface area contributed by atoms with E-state index >= 15 is 0 Å². The highest BCUT2D eigenvalue weighted by Crippen LogP contribution is 2.15. The van der Waals surface area contributed by atoms with Crippen molar-refractivity contribution in [2.75, 3.05) is 11.9 Å². The van der Waals surface area contributed by atoms with Gasteiger partial charge in [0.2, 0.25) is 0 Å². The molecule has 5 N–H and O–H groups in total. The minimum Gasteiger partial charge on any atom is -0.334 e. The van der Waals surface area contributed by atoms with Crippen LogP contribution in [-0.4, -0.2) is 28.8 Å². The summed E-state index contributed by atoms with van der Waals surface area (Å²) in [6.07, 6.45) is 0. The number of amides is 2. The van der Waals surface area contributed by atoms with Crippen LogP contribution in [0.1, 0.15) is 18.3 Å². The lowest BCUT2D eigenvalue weighted by Gasteiger charge is -2.12. The molecule has 0 bridgehead atoms. The van der Waals surface area contributed by atoms with Crippen molar-refractivity contribution in [2.45, 2.75) is 26.8 Å². The van der Waals surface area contributed by atoms with Crippen molar-refractivity contribution in [1.82, 2.24) is 15.5 Å². The van der Waals surface area contributed by atoms with Gasteiger partial charge in [0, 0.05) is 12.6 Å². The zero-order valence-electron chi connectivity index (χ0n) is 9.22. The Morgan fingerprint density at radius 3 is 2.73 bits per heavy atom. The fraction of sp³-hybridized carbons (Fsp3) is 0.556. The number of aromatic nitrogens is 2. The fourth-order valence-electron chi connectivity index (χ4n) is 1.17. The summed E-state index contributed by atoms with van der Waals surface area (Å²) in [7, 11) is 0. The Hall–Kier alpha value is -1.56. The number of rotatable bonds is 3. The zero-order chi connectivity index (χ0) is 11.4. The summed E-state index contributed by atoms with van der Waals surface area (Å²) in [6.45, 7) is 5.93. The summed E-state index contributed by atoms with van der Waals surface area (Å²) < 4.78 is 0. The summed E-state index contributed by atoms with van der Waals surface area (Å²) in [5.74, 6) is 0. The maximum atomic E-state index is 11.5. The second-order valence-electron chi connectivity index (χ2n) is 3.54. The molecule has 0 fully saturated rings. The topological polar surface area (TPSA) is 95.8 Å². The van der Waals surface area contributed by atoms with E-state index in [1.165, 1.54) is 0 Å². The number of hydrogen-bond donors (Lipinski definition) is 4. The molecule has 0 aromatic carbocycles. The van der Waals surface area contributed by atoms with Gasteiger partial charge in [0.25, 0.3) is 0 Å². The Morgan fingerprint density at radius 2 is 2.27 bits per heavy atom. The number of aromatic amines is 1. The van der Waals surface area contributed by atoms with E-state index in [1.807, 2.05) is 20.8 Å². The number of carbonyl (C=O) groups is 1. The van der Waals surface area contributed by atoms with E-state index in [4.69, 9.17) is 5.73 Å². The van der Waals surface area contributed by atoms with Crippen molar-refractivity contribution < 1.29 is 4.79 Å². The van der Waals surface area contributed by atoms with E-state index in [2.05, 4.69) is 20.8 Å². The van der Waals surface area contributed by atoms with Crippen LogP contribution in [0.4, 0.5) is 10.5 Å². The predicted molar refractivity (Wildman–Crippen MR) is 58.7 cm³/mol. The maximum Gasteiger partial charge on any atom is 0.319 e. The lowest BCUT2D eigenvalue weighted by molar-refractivity contribution is 0.249. The molecule has 6 nitrogen and oxygen atoms in total. The summed E-state index contributed by atoms with van der Waals surface area (Å²) in [5.41, 5.74) is 7.71. The molecule has 0 saturated heterocycles. The van der Waals surface area contributed by atoms with Gasteiger partial charge in [-0.25, -0.2) is 4.79 Å². The molecular weight excluding hydrogens is 194 g/mol. The largest absolute Gasteiger partial charge is 0.334 e. The summed E-state index contributed by atoms with van der Waals surface area (Å²) in [5, 5.41) is 12.2. The van der Waals surface area contributed by atoms with Crippen molar-refractivity contribution in [3.8, 4) is 0 Å². The van der Waals surface area contributed by atoms with Crippen molar-refractivity contribution in [1.29, 1.82) is 0 Å². The number of nitrogens with zero attached hydrogens (tertiary/aromatic N) is 1. The van der Waals surface area contributed by atoms with E-state index in [-0.39, 0.29) is 12.1 Å². The van der Waals surface area contributed by atoms with Crippen molar-refractivity contribution in [3.63, 3.8) is 0 Å². The van der Waals surface area contributed by atoms with Gasteiger partial charge < -0.3 is 16.4 Å². The van der Waals surface area contributed by atoms with Crippen LogP contribution in [0.15, 0.2) is 0 Å². The Morgan fingerprint density at radius 1 is 1.60 bits per heavy atom. The normalized spacial score (nSPS) is 12.3. The molecule has 84 valence electrons. The molecule has 15 heavy (non-hydrogen) atoms. The smallest absolute Gasteiger partial charge is 0.319 e. The van der Waals surface area contributed by atoms with Gasteiger partial charge in [0.15, 0.2) is 0 Å². The van der Waals surface area contributed by atoms with Gasteiger partial charge in [-0.1, -0.05) is 0 Å². The molecular formula is C9H17N5O. The molecule has 2 amide bonds. The zero-order valence-corrected chi connectivity index (χ0v) is 9.22. The number of anilines is 1. The highest BCUT2D eigenvalue weighted by Gasteiger charge is 2.10. The van der Waals surface area contributed by atoms with Crippen molar-refractivity contribution >= 4 is 11.7 Å². The fourth-order valence-corrected chi connectivity index (χ4v) is 1.17. The number of hydrogen-bond acceptors (Lipinski definition) is 3. The summed E-state index contributed by atoms with van der Waals surface area (Å²) in [4.78, 5) is 11.5. The molecule has 0 radical (unpaired) electrons. The Bertz CT molecular complexity index is 327. The van der Waals surface area contributed by atoms with Gasteiger partial charge in [-0.3, -0.25) is 5.10 Å². The number of nitrogens with two attached hydrogens (primary N) is 1. The molecule has 0 aliphatic rings. The number of urea groups is 1. The molecule has 1 rings (SSSR count). The third kappa shape index (κ3) is 2.95. The average Bonchev–Trinajstić information content (AvgIpc) is 2.49. The SMILES string of the molecule is Cc1n[nH]c(C)c1NC(=O)NC(C)CN. The van der Waals surface area contributed by atoms with Gasteiger partial charge in [-0.2, -0.15) is 5.10 Å². The molecule has 1 aromatic heterocycles. The summed E-state index contributed by atoms with van der Waals surface area (Å²) >= 11 is 0. The quantitative estimate of drug-likeness (QED) is 0.586. The molecule has 0 spiro atoms. The first-order valence-corrected chi connectivity index (χ1v) is 4.83. The van der Waals surface area contributed by atoms with Crippen LogP contribution >= 0.6 is 0 Å². The summed E-state index contributed by atoms with van der Waals surface area (Å²) in [6, 6.07) is -0.307. The first-order chi connectivity index (χ1) is 7.04. The Kier molecular flexibility index (Phi) is 3.68. The average molecular weight is 211 g/mol. The van der Waals surface area contributed by atoms with Crippen LogP contribution in [0.3, 0.4) is 0 Å². The van der Waals surface area contributed by atoms with Gasteiger partial charge in [0.1, 0.15) is 0 Å². The van der Waals surface area contributed by atoms with Crippen LogP contribution in [0.5, 0.6) is 0 Å². The third-order valence-electron chi connectivity index (χ3n) is 2.10. The van der Waals surface area contributed by atoms with Gasteiger partial charge >= 0.3 is 6.03 Å². The molecule has 1 aromatic rings. The van der Waals surface area contributed by atoms with E-state index in [0.717, 1.165) is 17.1 Å². The molecule has 1 unspecified atom stereocenters. The molecule has 6 heteroatoms. The number of H-pyrrole nitrogens is 1. The highest BCUT2D eigenvalue weighted by molar-refractivity contribution is 5.90. The second kappa shape index (κ2) is 4.79. The van der Waals surface area contributed by atoms with Crippen LogP contribution in [0, 0.1) is 13.8 Å². The molecule has 0 aliphatic heterocycles. The maximum absolute atomic E-state index is 11.5. The Labute approximate surface area is 88.6 Å². The van der Waals surface area contributed by atoms with Gasteiger partial charge in [-0.05, 0) is 20.8 Å². The number of aryl methyl sites for hydroxylation is 2. The van der Waals surface area contributed by atoms with E-state index < -0.39 is 0 Å². The lowest BCUT2D eigenvalue weighted by Crippen LogP contribution is -2.40. The molecule has 0 aliphatic carbocycles. The van der Waals surface area contributed by atoms with Crippen LogP contribution < -0.4 is 16.4 Å². The van der Waals surface area contributed by atoms with Crippen LogP contribution in [-0.2, 0) is 0 Å². The van der Waals surface area contributed by atoms with E-state index in [9.17, 15) is 4.79 Å². The van der Waals surface area contributed by atoms with Crippen molar-refractivity contribution in [2.24, 2.45) is 5.73 Å². The van der Waals surface area contributed by atoms with Gasteiger partial charge in [-0.15, -0.1) is 0 Å². The van der Waals surface area contributed by atoms with Gasteiger partial charge in [0.05, 0.1) is 17.1 Å². The second-order valence-corrected chi connectivity index (χ2v) is 3.54. The first-order valence-electron chi connectivity index (χ1n) is 4.83. The lowest BCUT2D eigenvalue weighted by atomic mass is 10.3. The highest BCUT2D eigenvalue weighted by atomic mass is 16.2.